The maximum atomic E-state index is 12.2. The van der Waals surface area contributed by atoms with Gasteiger partial charge in [0.2, 0.25) is 0 Å². The van der Waals surface area contributed by atoms with E-state index < -0.39 is 11.6 Å². The third-order valence-electron chi connectivity index (χ3n) is 5.40. The number of hydrogen-bond acceptors (Lipinski definition) is 5. The van der Waals surface area contributed by atoms with Gasteiger partial charge in [-0.1, -0.05) is 12.1 Å². The van der Waals surface area contributed by atoms with Crippen molar-refractivity contribution in [1.82, 2.24) is 4.90 Å². The first kappa shape index (κ1) is 24.0. The second-order valence-electron chi connectivity index (χ2n) is 9.25. The number of benzene rings is 2. The molecular formula is C26H29N3O4. The van der Waals surface area contributed by atoms with Crippen molar-refractivity contribution in [2.24, 2.45) is 10.9 Å². The van der Waals surface area contributed by atoms with Crippen LogP contribution >= 0.6 is 0 Å². The largest absolute Gasteiger partial charge is 0.478 e. The molecule has 1 saturated heterocycles. The number of aliphatic imine (C=N–C) groups is 1. The number of rotatable bonds is 5. The Bertz CT molecular complexity index is 1090. The summed E-state index contributed by atoms with van der Waals surface area (Å²) in [6, 6.07) is 14.2. The number of likely N-dealkylation sites (tertiary alicyclic amines) is 1. The van der Waals surface area contributed by atoms with Gasteiger partial charge in [0.25, 0.3) is 0 Å². The average Bonchev–Trinajstić information content (AvgIpc) is 2.78. The van der Waals surface area contributed by atoms with Gasteiger partial charge in [0.05, 0.1) is 17.2 Å². The van der Waals surface area contributed by atoms with Crippen LogP contribution < -0.4 is 0 Å². The zero-order chi connectivity index (χ0) is 24.0. The van der Waals surface area contributed by atoms with Crippen molar-refractivity contribution in [3.63, 3.8) is 0 Å². The summed E-state index contributed by atoms with van der Waals surface area (Å²) >= 11 is 0. The van der Waals surface area contributed by atoms with E-state index in [4.69, 9.17) is 10.00 Å². The summed E-state index contributed by atoms with van der Waals surface area (Å²) < 4.78 is 5.44. The number of carboxylic acid groups (broad SMARTS) is 1. The van der Waals surface area contributed by atoms with Gasteiger partial charge >= 0.3 is 12.1 Å². The molecule has 0 atom stereocenters. The van der Waals surface area contributed by atoms with Crippen LogP contribution in [0.15, 0.2) is 47.5 Å². The summed E-state index contributed by atoms with van der Waals surface area (Å²) in [4.78, 5) is 30.1. The van der Waals surface area contributed by atoms with Gasteiger partial charge in [-0.2, -0.15) is 5.26 Å². The molecule has 1 heterocycles. The molecular weight excluding hydrogens is 418 g/mol. The lowest BCUT2D eigenvalue weighted by Gasteiger charge is -2.32. The van der Waals surface area contributed by atoms with Gasteiger partial charge in [-0.3, -0.25) is 4.99 Å². The molecule has 1 aliphatic heterocycles. The van der Waals surface area contributed by atoms with E-state index in [0.29, 0.717) is 36.7 Å². The molecule has 0 unspecified atom stereocenters. The summed E-state index contributed by atoms with van der Waals surface area (Å²) in [6.07, 6.45) is 3.11. The van der Waals surface area contributed by atoms with Crippen LogP contribution in [0, 0.1) is 17.2 Å². The highest BCUT2D eigenvalue weighted by Gasteiger charge is 2.26. The lowest BCUT2D eigenvalue weighted by Crippen LogP contribution is -2.42. The zero-order valence-corrected chi connectivity index (χ0v) is 19.2. The summed E-state index contributed by atoms with van der Waals surface area (Å²) in [6.45, 7) is 7.47. The molecule has 0 aromatic heterocycles. The number of carbonyl (C=O) groups is 2. The Hall–Kier alpha value is -3.66. The standard InChI is InChI=1S/C26H29N3O4/c1-26(2,3)33-25(32)29-9-7-18(8-10-29)16-28-17-20-12-22(14-23(13-20)24(30)31)21-6-4-5-19(11-21)15-27/h4-6,11-14,17-18H,7-10,16H2,1-3H3,(H,30,31)/b28-17+. The monoisotopic (exact) mass is 447 g/mol. The molecule has 0 aliphatic carbocycles. The van der Waals surface area contributed by atoms with Crippen molar-refractivity contribution in [2.45, 2.75) is 39.2 Å². The molecule has 1 amide bonds. The van der Waals surface area contributed by atoms with E-state index in [1.54, 1.807) is 41.4 Å². The van der Waals surface area contributed by atoms with Gasteiger partial charge in [-0.05, 0) is 86.6 Å². The van der Waals surface area contributed by atoms with Crippen LogP contribution in [0.3, 0.4) is 0 Å². The third-order valence-corrected chi connectivity index (χ3v) is 5.40. The molecule has 2 aromatic rings. The normalized spacial score (nSPS) is 14.8. The van der Waals surface area contributed by atoms with Crippen molar-refractivity contribution in [3.8, 4) is 17.2 Å². The van der Waals surface area contributed by atoms with Crippen molar-refractivity contribution < 1.29 is 19.4 Å². The summed E-state index contributed by atoms with van der Waals surface area (Å²) in [5.74, 6) is -0.660. The topological polar surface area (TPSA) is 103 Å². The first-order chi connectivity index (χ1) is 15.6. The lowest BCUT2D eigenvalue weighted by atomic mass is 9.97. The van der Waals surface area contributed by atoms with Crippen LogP contribution in [0.4, 0.5) is 4.79 Å². The number of hydrogen-bond donors (Lipinski definition) is 1. The Morgan fingerprint density at radius 1 is 1.18 bits per heavy atom. The number of piperidine rings is 1. The molecule has 33 heavy (non-hydrogen) atoms. The summed E-state index contributed by atoms with van der Waals surface area (Å²) in [7, 11) is 0. The Kier molecular flexibility index (Phi) is 7.49. The Balaban J connectivity index is 1.65. The maximum absolute atomic E-state index is 12.2. The van der Waals surface area contributed by atoms with E-state index in [1.807, 2.05) is 32.9 Å². The molecule has 2 aromatic carbocycles. The summed E-state index contributed by atoms with van der Waals surface area (Å²) in [5, 5.41) is 18.7. The number of amides is 1. The Morgan fingerprint density at radius 3 is 2.55 bits per heavy atom. The first-order valence-corrected chi connectivity index (χ1v) is 11.0. The fourth-order valence-corrected chi connectivity index (χ4v) is 3.72. The van der Waals surface area contributed by atoms with Crippen LogP contribution in [0.5, 0.6) is 0 Å². The van der Waals surface area contributed by atoms with Crippen LogP contribution in [-0.2, 0) is 4.74 Å². The van der Waals surface area contributed by atoms with Crippen molar-refractivity contribution >= 4 is 18.3 Å². The van der Waals surface area contributed by atoms with Crippen LogP contribution in [0.1, 0.15) is 55.1 Å². The minimum Gasteiger partial charge on any atom is -0.478 e. The Labute approximate surface area is 194 Å². The van der Waals surface area contributed by atoms with Gasteiger partial charge in [0.1, 0.15) is 5.60 Å². The van der Waals surface area contributed by atoms with Crippen molar-refractivity contribution in [1.29, 1.82) is 5.26 Å². The van der Waals surface area contributed by atoms with Gasteiger partial charge in [-0.15, -0.1) is 0 Å². The maximum Gasteiger partial charge on any atom is 0.410 e. The highest BCUT2D eigenvalue weighted by Crippen LogP contribution is 2.24. The summed E-state index contributed by atoms with van der Waals surface area (Å²) in [5.41, 5.74) is 2.37. The number of nitrogens with zero attached hydrogens (tertiary/aromatic N) is 3. The highest BCUT2D eigenvalue weighted by molar-refractivity contribution is 5.93. The predicted molar refractivity (Wildman–Crippen MR) is 127 cm³/mol. The first-order valence-electron chi connectivity index (χ1n) is 11.0. The van der Waals surface area contributed by atoms with Gasteiger partial charge < -0.3 is 14.7 Å². The predicted octanol–water partition coefficient (Wildman–Crippen LogP) is 4.99. The Morgan fingerprint density at radius 2 is 1.91 bits per heavy atom. The number of carbonyl (C=O) groups excluding carboxylic acids is 1. The number of carboxylic acids is 1. The molecule has 1 aliphatic rings. The lowest BCUT2D eigenvalue weighted by molar-refractivity contribution is 0.0187. The molecule has 3 rings (SSSR count). The number of ether oxygens (including phenoxy) is 1. The minimum absolute atomic E-state index is 0.168. The van der Waals surface area contributed by atoms with E-state index in [2.05, 4.69) is 11.1 Å². The minimum atomic E-state index is -1.02. The quantitative estimate of drug-likeness (QED) is 0.651. The van der Waals surface area contributed by atoms with Crippen LogP contribution in [0.25, 0.3) is 11.1 Å². The van der Waals surface area contributed by atoms with Crippen LogP contribution in [0.2, 0.25) is 0 Å². The third kappa shape index (κ3) is 6.91. The molecule has 7 heteroatoms. The van der Waals surface area contributed by atoms with E-state index in [0.717, 1.165) is 24.0 Å². The second-order valence-corrected chi connectivity index (χ2v) is 9.25. The SMILES string of the molecule is CC(C)(C)OC(=O)N1CCC(C/N=C/c2cc(C(=O)O)cc(-c3cccc(C#N)c3)c2)CC1. The van der Waals surface area contributed by atoms with Crippen molar-refractivity contribution in [3.05, 3.63) is 59.2 Å². The van der Waals surface area contributed by atoms with E-state index in [-0.39, 0.29) is 11.7 Å². The van der Waals surface area contributed by atoms with Gasteiger partial charge in [0, 0.05) is 25.8 Å². The van der Waals surface area contributed by atoms with Gasteiger partial charge in [-0.25, -0.2) is 9.59 Å². The van der Waals surface area contributed by atoms with E-state index in [9.17, 15) is 14.7 Å². The fraction of sp³-hybridized carbons (Fsp3) is 0.385. The zero-order valence-electron chi connectivity index (χ0n) is 19.2. The smallest absolute Gasteiger partial charge is 0.410 e. The fourth-order valence-electron chi connectivity index (χ4n) is 3.72. The van der Waals surface area contributed by atoms with Gasteiger partial charge in [0.15, 0.2) is 0 Å². The molecule has 0 bridgehead atoms. The van der Waals surface area contributed by atoms with Crippen molar-refractivity contribution in [2.75, 3.05) is 19.6 Å². The molecule has 1 N–H and O–H groups in total. The molecule has 172 valence electrons. The van der Waals surface area contributed by atoms with Crippen LogP contribution in [-0.4, -0.2) is 53.5 Å². The molecule has 0 radical (unpaired) electrons. The average molecular weight is 448 g/mol. The van der Waals surface area contributed by atoms with E-state index in [1.165, 1.54) is 0 Å². The second kappa shape index (κ2) is 10.3. The molecule has 1 fully saturated rings. The number of nitriles is 1. The molecule has 7 nitrogen and oxygen atoms in total. The highest BCUT2D eigenvalue weighted by atomic mass is 16.6. The number of aromatic carboxylic acids is 1. The molecule has 0 spiro atoms. The molecule has 0 saturated carbocycles. The van der Waals surface area contributed by atoms with E-state index >= 15 is 0 Å².